The molecule has 2 aliphatic rings. The minimum Gasteiger partial charge on any atom is -0.445 e. The molecule has 0 spiro atoms. The van der Waals surface area contributed by atoms with Gasteiger partial charge in [-0.05, 0) is 41.7 Å². The van der Waals surface area contributed by atoms with Crippen LogP contribution < -0.4 is 20.8 Å². The fraction of sp³-hybridized carbons (Fsp3) is 0.179. The van der Waals surface area contributed by atoms with Crippen molar-refractivity contribution in [3.63, 3.8) is 0 Å². The molecule has 0 fully saturated rings. The van der Waals surface area contributed by atoms with E-state index >= 15 is 0 Å². The van der Waals surface area contributed by atoms with Gasteiger partial charge in [0.15, 0.2) is 5.82 Å². The van der Waals surface area contributed by atoms with Gasteiger partial charge in [-0.15, -0.1) is 0 Å². The quantitative estimate of drug-likeness (QED) is 0.219. The zero-order chi connectivity index (χ0) is 32.3. The van der Waals surface area contributed by atoms with Crippen molar-refractivity contribution in [1.82, 2.24) is 9.88 Å². The Morgan fingerprint density at radius 1 is 0.872 bits per heavy atom. The number of benzene rings is 4. The van der Waals surface area contributed by atoms with Gasteiger partial charge in [-0.3, -0.25) is 19.3 Å². The monoisotopic (exact) mass is 621 g/mol. The fourth-order valence-corrected chi connectivity index (χ4v) is 6.12. The van der Waals surface area contributed by atoms with Crippen molar-refractivity contribution in [2.75, 3.05) is 4.90 Å². The summed E-state index contributed by atoms with van der Waals surface area (Å²) in [6, 6.07) is 32.7. The van der Waals surface area contributed by atoms with Crippen LogP contribution in [0.5, 0.6) is 0 Å². The number of carbonyl (C=O) groups is 2. The Bertz CT molecular complexity index is 2160. The molecule has 0 bridgehead atoms. The number of nitrogens with zero attached hydrogens (tertiary/aromatic N) is 4. The number of alkyl carbamates (subject to hydrolysis) is 1. The molecule has 3 heterocycles. The number of allylic oxidation sites excluding steroid dienone is 1. The molecule has 0 saturated carbocycles. The first kappa shape index (κ1) is 29.9. The maximum absolute atomic E-state index is 14.2. The number of hydrogen-bond acceptors (Lipinski definition) is 6. The maximum atomic E-state index is 14.2. The van der Waals surface area contributed by atoms with Crippen molar-refractivity contribution in [2.24, 2.45) is 15.9 Å². The van der Waals surface area contributed by atoms with E-state index < -0.39 is 12.1 Å². The standard InChI is InChI=1S/C39H35N5O3/c1-26(2)20-34(42-39(46)47-25-27-12-4-3-5-13-27)38(45)44-24-30(31-16-8-11-19-36(31)44)21-33-37-41-32-17-9-6-15-29(32)23-43(37)35-18-10-7-14-28(35)22-40-33/h3-19,22-24,26,34H,20-21,25H2,1-2H3,(H,42,46)/t34-/m0/s1. The van der Waals surface area contributed by atoms with E-state index in [1.54, 1.807) is 4.57 Å². The summed E-state index contributed by atoms with van der Waals surface area (Å²) in [5.41, 5.74) is 5.34. The van der Waals surface area contributed by atoms with Crippen molar-refractivity contribution in [3.05, 3.63) is 148 Å². The molecule has 2 aliphatic heterocycles. The van der Waals surface area contributed by atoms with Gasteiger partial charge in [0.05, 0.1) is 22.3 Å². The van der Waals surface area contributed by atoms with Gasteiger partial charge in [0.2, 0.25) is 0 Å². The molecule has 8 nitrogen and oxygen atoms in total. The minimum atomic E-state index is -0.774. The molecule has 8 heteroatoms. The third-order valence-electron chi connectivity index (χ3n) is 8.37. The molecule has 5 aromatic rings. The third kappa shape index (κ3) is 6.22. The normalized spacial score (nSPS) is 14.0. The molecule has 0 unspecified atom stereocenters. The lowest BCUT2D eigenvalue weighted by atomic mass is 10.0. The topological polar surface area (TPSA) is 88.3 Å². The number of ether oxygens (including phenoxy) is 1. The number of anilines is 1. The van der Waals surface area contributed by atoms with Crippen molar-refractivity contribution in [1.29, 1.82) is 0 Å². The van der Waals surface area contributed by atoms with E-state index in [1.165, 1.54) is 0 Å². The van der Waals surface area contributed by atoms with Crippen molar-refractivity contribution in [3.8, 4) is 0 Å². The molecule has 0 saturated heterocycles. The van der Waals surface area contributed by atoms with Gasteiger partial charge in [0.1, 0.15) is 12.6 Å². The van der Waals surface area contributed by atoms with Gasteiger partial charge in [0, 0.05) is 41.2 Å². The van der Waals surface area contributed by atoms with Crippen LogP contribution >= 0.6 is 0 Å². The van der Waals surface area contributed by atoms with Crippen molar-refractivity contribution < 1.29 is 14.3 Å². The molecule has 234 valence electrons. The summed E-state index contributed by atoms with van der Waals surface area (Å²) in [6.45, 7) is 4.18. The number of rotatable bonds is 8. The number of para-hydroxylation sites is 3. The molecule has 1 N–H and O–H groups in total. The lowest BCUT2D eigenvalue weighted by molar-refractivity contribution is 0.0827. The highest BCUT2D eigenvalue weighted by molar-refractivity contribution is 5.98. The second-order valence-corrected chi connectivity index (χ2v) is 12.2. The predicted molar refractivity (Wildman–Crippen MR) is 185 cm³/mol. The minimum absolute atomic E-state index is 0.123. The lowest BCUT2D eigenvalue weighted by Gasteiger charge is -2.24. The van der Waals surface area contributed by atoms with E-state index in [-0.39, 0.29) is 18.4 Å². The highest BCUT2D eigenvalue weighted by Gasteiger charge is 2.27. The summed E-state index contributed by atoms with van der Waals surface area (Å²) < 4.78 is 7.14. The Morgan fingerprint density at radius 3 is 2.47 bits per heavy atom. The average molecular weight is 622 g/mol. The van der Waals surface area contributed by atoms with Crippen molar-refractivity contribution >= 4 is 41.0 Å². The number of aromatic nitrogens is 1. The molecule has 0 radical (unpaired) electrons. The Balaban J connectivity index is 1.23. The smallest absolute Gasteiger partial charge is 0.408 e. The van der Waals surface area contributed by atoms with Crippen LogP contribution in [0.3, 0.4) is 0 Å². The fourth-order valence-electron chi connectivity index (χ4n) is 6.12. The molecule has 1 atom stereocenters. The van der Waals surface area contributed by atoms with Crippen molar-refractivity contribution in [2.45, 2.75) is 39.3 Å². The van der Waals surface area contributed by atoms with Crippen LogP contribution in [0.25, 0.3) is 17.1 Å². The Kier molecular flexibility index (Phi) is 8.23. The summed E-state index contributed by atoms with van der Waals surface area (Å²) in [5.74, 6) is 0.679. The highest BCUT2D eigenvalue weighted by Crippen LogP contribution is 2.33. The lowest BCUT2D eigenvalue weighted by Crippen LogP contribution is -2.44. The number of amides is 1. The number of aliphatic imine (C=N–C) groups is 1. The highest BCUT2D eigenvalue weighted by atomic mass is 16.5. The Morgan fingerprint density at radius 2 is 1.62 bits per heavy atom. The average Bonchev–Trinajstić information content (AvgIpc) is 3.39. The third-order valence-corrected chi connectivity index (χ3v) is 8.37. The largest absolute Gasteiger partial charge is 0.445 e. The predicted octanol–water partition coefficient (Wildman–Crippen LogP) is 6.34. The first-order valence-electron chi connectivity index (χ1n) is 15.9. The summed E-state index contributed by atoms with van der Waals surface area (Å²) >= 11 is 0. The van der Waals surface area contributed by atoms with E-state index in [9.17, 15) is 9.59 Å². The molecule has 1 aromatic heterocycles. The SMILES string of the molecule is CC(C)C[C@H](NC(=O)OCc1ccccc1)C(=O)n1cc(CC2=C3N=c4ccccc4=CN3c3ccccc3C=N2)c2ccccc21. The molecule has 0 aliphatic carbocycles. The zero-order valence-corrected chi connectivity index (χ0v) is 26.3. The van der Waals surface area contributed by atoms with Crippen LogP contribution in [0.1, 0.15) is 41.8 Å². The molecular weight excluding hydrogens is 586 g/mol. The Hall–Kier alpha value is -5.76. The number of fused-ring (bicyclic) bond motifs is 5. The van der Waals surface area contributed by atoms with Gasteiger partial charge in [0.25, 0.3) is 5.91 Å². The molecule has 47 heavy (non-hydrogen) atoms. The molecule has 1 amide bonds. The molecule has 4 aromatic carbocycles. The van der Waals surface area contributed by atoms with E-state index in [0.717, 1.165) is 55.4 Å². The molecular formula is C39H35N5O3. The van der Waals surface area contributed by atoms with Gasteiger partial charge < -0.3 is 10.1 Å². The van der Waals surface area contributed by atoms with Crippen LogP contribution in [0.15, 0.2) is 131 Å². The Labute approximate surface area is 273 Å². The number of nitrogens with one attached hydrogen (secondary N) is 1. The van der Waals surface area contributed by atoms with Crippen LogP contribution in [0.4, 0.5) is 10.5 Å². The summed E-state index contributed by atoms with van der Waals surface area (Å²) in [7, 11) is 0. The summed E-state index contributed by atoms with van der Waals surface area (Å²) in [4.78, 5) is 39.2. The van der Waals surface area contributed by atoms with Gasteiger partial charge in [-0.1, -0.05) is 98.8 Å². The van der Waals surface area contributed by atoms with E-state index in [0.29, 0.717) is 12.8 Å². The van der Waals surface area contributed by atoms with Gasteiger partial charge >= 0.3 is 6.09 Å². The number of hydrogen-bond donors (Lipinski definition) is 1. The van der Waals surface area contributed by atoms with Gasteiger partial charge in [-0.2, -0.15) is 0 Å². The second kappa shape index (κ2) is 12.9. The summed E-state index contributed by atoms with van der Waals surface area (Å²) in [5, 5.41) is 5.69. The van der Waals surface area contributed by atoms with Crippen LogP contribution in [0, 0.1) is 5.92 Å². The van der Waals surface area contributed by atoms with E-state index in [2.05, 4.69) is 28.5 Å². The van der Waals surface area contributed by atoms with Crippen LogP contribution in [-0.2, 0) is 17.8 Å². The molecule has 7 rings (SSSR count). The number of carbonyl (C=O) groups excluding carboxylic acids is 2. The maximum Gasteiger partial charge on any atom is 0.408 e. The summed E-state index contributed by atoms with van der Waals surface area (Å²) in [6.07, 6.45) is 6.15. The van der Waals surface area contributed by atoms with Crippen LogP contribution in [-0.4, -0.2) is 28.8 Å². The van der Waals surface area contributed by atoms with E-state index in [1.807, 2.05) is 117 Å². The first-order valence-corrected chi connectivity index (χ1v) is 15.9. The zero-order valence-electron chi connectivity index (χ0n) is 26.3. The second-order valence-electron chi connectivity index (χ2n) is 12.2. The van der Waals surface area contributed by atoms with Crippen LogP contribution in [0.2, 0.25) is 0 Å². The first-order chi connectivity index (χ1) is 22.9. The van der Waals surface area contributed by atoms with E-state index in [4.69, 9.17) is 14.7 Å². The van der Waals surface area contributed by atoms with Gasteiger partial charge in [-0.25, -0.2) is 9.79 Å².